The number of halogens is 1. The van der Waals surface area contributed by atoms with Gasteiger partial charge in [-0.3, -0.25) is 0 Å². The fraction of sp³-hybridized carbons (Fsp3) is 0.381. The van der Waals surface area contributed by atoms with Gasteiger partial charge in [0.15, 0.2) is 0 Å². The number of benzene rings is 2. The molecular weight excluding hydrogens is 346 g/mol. The molecule has 0 unspecified atom stereocenters. The lowest BCUT2D eigenvalue weighted by Gasteiger charge is -2.28. The van der Waals surface area contributed by atoms with Crippen molar-refractivity contribution in [3.63, 3.8) is 0 Å². The van der Waals surface area contributed by atoms with Crippen molar-refractivity contribution in [2.45, 2.75) is 25.8 Å². The van der Waals surface area contributed by atoms with E-state index < -0.39 is 0 Å². The summed E-state index contributed by atoms with van der Waals surface area (Å²) in [5, 5.41) is 3.74. The Morgan fingerprint density at radius 2 is 1.65 bits per heavy atom. The summed E-state index contributed by atoms with van der Waals surface area (Å²) in [6.45, 7) is 5.23. The molecule has 0 radical (unpaired) electrons. The van der Waals surface area contributed by atoms with E-state index in [1.165, 1.54) is 0 Å². The third-order valence-corrected chi connectivity index (χ3v) is 4.83. The van der Waals surface area contributed by atoms with Gasteiger partial charge in [-0.1, -0.05) is 55.8 Å². The number of amides is 2. The van der Waals surface area contributed by atoms with E-state index in [0.29, 0.717) is 13.1 Å². The molecular formula is C21H28ClN3O. The van der Waals surface area contributed by atoms with Gasteiger partial charge in [0.2, 0.25) is 0 Å². The van der Waals surface area contributed by atoms with Gasteiger partial charge >= 0.3 is 6.03 Å². The first kappa shape index (κ1) is 20.1. The summed E-state index contributed by atoms with van der Waals surface area (Å²) in [6.07, 6.45) is 0. The van der Waals surface area contributed by atoms with E-state index >= 15 is 0 Å². The number of hydrogen-bond acceptors (Lipinski definition) is 2. The number of rotatable bonds is 6. The average molecular weight is 374 g/mol. The maximum Gasteiger partial charge on any atom is 0.317 e. The molecule has 0 aromatic heterocycles. The number of carbonyl (C=O) groups is 1. The molecule has 26 heavy (non-hydrogen) atoms. The van der Waals surface area contributed by atoms with Crippen LogP contribution in [-0.4, -0.2) is 38.6 Å². The van der Waals surface area contributed by atoms with E-state index in [1.807, 2.05) is 50.5 Å². The van der Waals surface area contributed by atoms with Gasteiger partial charge in [-0.05, 0) is 29.3 Å². The maximum absolute atomic E-state index is 12.5. The standard InChI is InChI=1S/C21H28ClN3O/c1-21(2,18-8-6-7-9-19(18)22)15-23-20(26)25(5)14-16-10-12-17(13-11-16)24(3)4/h6-13H,14-15H2,1-5H3,(H,23,26). The van der Waals surface area contributed by atoms with Gasteiger partial charge in [0.25, 0.3) is 0 Å². The Kier molecular flexibility index (Phi) is 6.54. The van der Waals surface area contributed by atoms with Crippen LogP contribution in [0.5, 0.6) is 0 Å². The number of nitrogens with one attached hydrogen (secondary N) is 1. The normalized spacial score (nSPS) is 11.2. The van der Waals surface area contributed by atoms with E-state index in [2.05, 4.69) is 36.2 Å². The topological polar surface area (TPSA) is 35.6 Å². The molecule has 0 saturated carbocycles. The zero-order valence-corrected chi connectivity index (χ0v) is 17.0. The molecule has 0 aliphatic rings. The largest absolute Gasteiger partial charge is 0.378 e. The van der Waals surface area contributed by atoms with Crippen LogP contribution in [0.3, 0.4) is 0 Å². The second-order valence-corrected chi connectivity index (χ2v) is 7.85. The summed E-state index contributed by atoms with van der Waals surface area (Å²) in [5.41, 5.74) is 3.02. The first-order valence-electron chi connectivity index (χ1n) is 8.71. The highest BCUT2D eigenvalue weighted by molar-refractivity contribution is 6.31. The van der Waals surface area contributed by atoms with E-state index in [-0.39, 0.29) is 11.4 Å². The third-order valence-electron chi connectivity index (χ3n) is 4.50. The summed E-state index contributed by atoms with van der Waals surface area (Å²) in [7, 11) is 5.82. The molecule has 2 rings (SSSR count). The molecule has 5 heteroatoms. The summed E-state index contributed by atoms with van der Waals surface area (Å²) < 4.78 is 0. The van der Waals surface area contributed by atoms with E-state index in [0.717, 1.165) is 21.8 Å². The van der Waals surface area contributed by atoms with Crippen molar-refractivity contribution in [1.82, 2.24) is 10.2 Å². The van der Waals surface area contributed by atoms with Crippen LogP contribution in [0.15, 0.2) is 48.5 Å². The molecule has 2 amide bonds. The van der Waals surface area contributed by atoms with Gasteiger partial charge in [0.05, 0.1) is 0 Å². The zero-order valence-electron chi connectivity index (χ0n) is 16.2. The lowest BCUT2D eigenvalue weighted by atomic mass is 9.84. The van der Waals surface area contributed by atoms with Gasteiger partial charge in [-0.2, -0.15) is 0 Å². The van der Waals surface area contributed by atoms with E-state index in [9.17, 15) is 4.79 Å². The fourth-order valence-corrected chi connectivity index (χ4v) is 3.17. The smallest absolute Gasteiger partial charge is 0.317 e. The predicted octanol–water partition coefficient (Wildman–Crippen LogP) is 4.53. The number of hydrogen-bond donors (Lipinski definition) is 1. The third kappa shape index (κ3) is 5.15. The van der Waals surface area contributed by atoms with Gasteiger partial charge < -0.3 is 15.1 Å². The van der Waals surface area contributed by atoms with Crippen LogP contribution >= 0.6 is 11.6 Å². The van der Waals surface area contributed by atoms with Crippen LogP contribution < -0.4 is 10.2 Å². The first-order chi connectivity index (χ1) is 12.2. The minimum absolute atomic E-state index is 0.0955. The van der Waals surface area contributed by atoms with Gasteiger partial charge in [-0.15, -0.1) is 0 Å². The highest BCUT2D eigenvalue weighted by atomic mass is 35.5. The van der Waals surface area contributed by atoms with Crippen LogP contribution in [-0.2, 0) is 12.0 Å². The number of carbonyl (C=O) groups excluding carboxylic acids is 1. The van der Waals surface area contributed by atoms with Crippen LogP contribution in [0, 0.1) is 0 Å². The SMILES string of the molecule is CN(Cc1ccc(N(C)C)cc1)C(=O)NCC(C)(C)c1ccccc1Cl. The molecule has 0 fully saturated rings. The van der Waals surface area contributed by atoms with Crippen LogP contribution in [0.25, 0.3) is 0 Å². The fourth-order valence-electron chi connectivity index (χ4n) is 2.78. The molecule has 4 nitrogen and oxygen atoms in total. The summed E-state index contributed by atoms with van der Waals surface area (Å²) >= 11 is 6.30. The molecule has 0 heterocycles. The second kappa shape index (κ2) is 8.45. The van der Waals surface area contributed by atoms with Crippen molar-refractivity contribution in [3.8, 4) is 0 Å². The predicted molar refractivity (Wildman–Crippen MR) is 110 cm³/mol. The van der Waals surface area contributed by atoms with E-state index in [1.54, 1.807) is 11.9 Å². The Hall–Kier alpha value is -2.20. The first-order valence-corrected chi connectivity index (χ1v) is 9.09. The average Bonchev–Trinajstić information content (AvgIpc) is 2.60. The van der Waals surface area contributed by atoms with Crippen LogP contribution in [0.2, 0.25) is 5.02 Å². The number of urea groups is 1. The van der Waals surface area contributed by atoms with Crippen LogP contribution in [0.4, 0.5) is 10.5 Å². The van der Waals surface area contributed by atoms with Crippen molar-refractivity contribution in [1.29, 1.82) is 0 Å². The summed E-state index contributed by atoms with van der Waals surface area (Å²) in [5.74, 6) is 0. The Morgan fingerprint density at radius 1 is 1.04 bits per heavy atom. The second-order valence-electron chi connectivity index (χ2n) is 7.44. The highest BCUT2D eigenvalue weighted by Gasteiger charge is 2.24. The Labute approximate surface area is 161 Å². The quantitative estimate of drug-likeness (QED) is 0.807. The number of anilines is 1. The molecule has 2 aromatic carbocycles. The molecule has 0 spiro atoms. The van der Waals surface area contributed by atoms with Crippen molar-refractivity contribution < 1.29 is 4.79 Å². The van der Waals surface area contributed by atoms with Crippen LogP contribution in [0.1, 0.15) is 25.0 Å². The minimum atomic E-state index is -0.248. The lowest BCUT2D eigenvalue weighted by Crippen LogP contribution is -2.43. The molecule has 0 saturated heterocycles. The van der Waals surface area contributed by atoms with Crippen molar-refractivity contribution in [3.05, 3.63) is 64.7 Å². The van der Waals surface area contributed by atoms with Gasteiger partial charge in [0, 0.05) is 50.4 Å². The Bertz CT molecular complexity index is 741. The van der Waals surface area contributed by atoms with Gasteiger partial charge in [-0.25, -0.2) is 4.79 Å². The monoisotopic (exact) mass is 373 g/mol. The maximum atomic E-state index is 12.5. The lowest BCUT2D eigenvalue weighted by molar-refractivity contribution is 0.204. The van der Waals surface area contributed by atoms with Crippen molar-refractivity contribution in [2.24, 2.45) is 0 Å². The number of nitrogens with zero attached hydrogens (tertiary/aromatic N) is 2. The van der Waals surface area contributed by atoms with E-state index in [4.69, 9.17) is 11.6 Å². The Morgan fingerprint density at radius 3 is 2.23 bits per heavy atom. The molecule has 0 aliphatic heterocycles. The van der Waals surface area contributed by atoms with Gasteiger partial charge in [0.1, 0.15) is 0 Å². The molecule has 0 bridgehead atoms. The van der Waals surface area contributed by atoms with Crippen molar-refractivity contribution >= 4 is 23.3 Å². The summed E-state index contributed by atoms with van der Waals surface area (Å²) in [4.78, 5) is 16.2. The summed E-state index contributed by atoms with van der Waals surface area (Å²) in [6, 6.07) is 15.9. The minimum Gasteiger partial charge on any atom is -0.378 e. The molecule has 0 atom stereocenters. The molecule has 0 aliphatic carbocycles. The molecule has 140 valence electrons. The Balaban J connectivity index is 1.93. The van der Waals surface area contributed by atoms with Crippen molar-refractivity contribution in [2.75, 3.05) is 32.6 Å². The highest BCUT2D eigenvalue weighted by Crippen LogP contribution is 2.29. The molecule has 2 aromatic rings. The zero-order chi connectivity index (χ0) is 19.3. The molecule has 1 N–H and O–H groups in total.